The number of sulfonamides is 1. The predicted octanol–water partition coefficient (Wildman–Crippen LogP) is 7.36. The van der Waals surface area contributed by atoms with Gasteiger partial charge in [0, 0.05) is 16.1 Å². The van der Waals surface area contributed by atoms with Crippen LogP contribution in [0.25, 0.3) is 0 Å². The monoisotopic (exact) mass is 570 g/mol. The summed E-state index contributed by atoms with van der Waals surface area (Å²) in [6.45, 7) is 0.654. The van der Waals surface area contributed by atoms with Crippen LogP contribution in [0.15, 0.2) is 41.6 Å². The van der Waals surface area contributed by atoms with Gasteiger partial charge in [-0.1, -0.05) is 36.2 Å². The number of halogens is 10. The second kappa shape index (κ2) is 10.7. The Morgan fingerprint density at radius 1 is 0.972 bits per heavy atom. The number of nitrogens with zero attached hydrogens (tertiary/aromatic N) is 1. The first-order chi connectivity index (χ1) is 16.4. The van der Waals surface area contributed by atoms with Crippen molar-refractivity contribution in [3.05, 3.63) is 63.7 Å². The Kier molecular flexibility index (Phi) is 8.82. The molecule has 0 saturated carbocycles. The van der Waals surface area contributed by atoms with Gasteiger partial charge in [0.2, 0.25) is 0 Å². The number of alkyl halides is 9. The van der Waals surface area contributed by atoms with E-state index in [9.17, 15) is 47.9 Å². The molecule has 0 aromatic heterocycles. The van der Waals surface area contributed by atoms with Crippen molar-refractivity contribution >= 4 is 33.0 Å². The highest BCUT2D eigenvalue weighted by molar-refractivity contribution is 7.93. The van der Waals surface area contributed by atoms with Crippen molar-refractivity contribution < 1.29 is 52.8 Å². The van der Waals surface area contributed by atoms with Crippen molar-refractivity contribution in [1.82, 2.24) is 0 Å². The molecular formula is C20H16ClF9N2O3S. The zero-order valence-electron chi connectivity index (χ0n) is 17.9. The van der Waals surface area contributed by atoms with Crippen LogP contribution >= 0.6 is 11.6 Å². The van der Waals surface area contributed by atoms with Gasteiger partial charge in [-0.05, 0) is 36.8 Å². The van der Waals surface area contributed by atoms with Crippen molar-refractivity contribution in [1.29, 1.82) is 0 Å². The van der Waals surface area contributed by atoms with Crippen LogP contribution in [0.5, 0.6) is 0 Å². The number of benzene rings is 2. The van der Waals surface area contributed by atoms with Crippen molar-refractivity contribution in [3.63, 3.8) is 0 Å². The molecule has 1 N–H and O–H groups in total. The van der Waals surface area contributed by atoms with Crippen LogP contribution < -0.4 is 4.72 Å². The minimum atomic E-state index is -5.84. The molecular weight excluding hydrogens is 555 g/mol. The van der Waals surface area contributed by atoms with E-state index in [-0.39, 0.29) is 35.2 Å². The molecule has 0 amide bonds. The highest BCUT2D eigenvalue weighted by atomic mass is 35.5. The van der Waals surface area contributed by atoms with Crippen LogP contribution in [0.4, 0.5) is 45.2 Å². The fourth-order valence-electron chi connectivity index (χ4n) is 2.84. The third-order valence-corrected chi connectivity index (χ3v) is 5.80. The van der Waals surface area contributed by atoms with Gasteiger partial charge in [-0.15, -0.1) is 0 Å². The predicted molar refractivity (Wildman–Crippen MR) is 113 cm³/mol. The number of oxime groups is 1. The molecule has 2 aromatic rings. The van der Waals surface area contributed by atoms with Gasteiger partial charge in [0.1, 0.15) is 6.61 Å². The summed E-state index contributed by atoms with van der Waals surface area (Å²) < 4.78 is 141. The molecule has 0 radical (unpaired) electrons. The standard InChI is InChI=1S/C20H16ClF9N2O3S/c1-2-3-16(14-9-13(21)6-7-17(14)32-36(33,34)20(28,29)30)31-35-10-11-4-5-12(18(22,23)24)8-15(11)19(25,26)27/h4-9,32H,2-3,10H2,1H3/b31-16+. The molecule has 16 heteroatoms. The average molecular weight is 571 g/mol. The number of anilines is 1. The van der Waals surface area contributed by atoms with Crippen LogP contribution in [-0.2, 0) is 33.8 Å². The molecule has 0 atom stereocenters. The van der Waals surface area contributed by atoms with E-state index in [1.807, 2.05) is 0 Å². The zero-order valence-corrected chi connectivity index (χ0v) is 19.5. The molecule has 0 saturated heterocycles. The van der Waals surface area contributed by atoms with Crippen LogP contribution in [0.2, 0.25) is 5.02 Å². The van der Waals surface area contributed by atoms with Crippen LogP contribution in [-0.4, -0.2) is 19.6 Å². The first kappa shape index (κ1) is 29.5. The summed E-state index contributed by atoms with van der Waals surface area (Å²) in [6, 6.07) is 3.96. The normalized spacial score (nSPS) is 13.6. The summed E-state index contributed by atoms with van der Waals surface area (Å²) in [5, 5.41) is 3.58. The molecule has 0 aliphatic rings. The van der Waals surface area contributed by atoms with Gasteiger partial charge in [-0.25, -0.2) is 0 Å². The summed E-state index contributed by atoms with van der Waals surface area (Å²) in [5.41, 5.74) is -10.5. The molecule has 2 aromatic carbocycles. The fraction of sp³-hybridized carbons (Fsp3) is 0.350. The van der Waals surface area contributed by atoms with Crippen molar-refractivity contribution in [2.75, 3.05) is 4.72 Å². The third kappa shape index (κ3) is 7.41. The van der Waals surface area contributed by atoms with E-state index in [4.69, 9.17) is 16.4 Å². The quantitative estimate of drug-likeness (QED) is 0.205. The Hall–Kier alpha value is -2.68. The maximum Gasteiger partial charge on any atom is 0.516 e. The Balaban J connectivity index is 2.45. The van der Waals surface area contributed by atoms with E-state index in [1.165, 1.54) is 4.72 Å². The SMILES string of the molecule is CCC/C(=N\OCc1ccc(C(F)(F)F)cc1C(F)(F)F)c1cc(Cl)ccc1NS(=O)(=O)C(F)(F)F. The summed E-state index contributed by atoms with van der Waals surface area (Å²) in [6.07, 6.45) is -9.95. The molecule has 0 spiro atoms. The van der Waals surface area contributed by atoms with Gasteiger partial charge < -0.3 is 4.84 Å². The lowest BCUT2D eigenvalue weighted by molar-refractivity contribution is -0.143. The van der Waals surface area contributed by atoms with Crippen molar-refractivity contribution in [3.8, 4) is 0 Å². The topological polar surface area (TPSA) is 67.8 Å². The van der Waals surface area contributed by atoms with Gasteiger partial charge in [0.15, 0.2) is 0 Å². The molecule has 5 nitrogen and oxygen atoms in total. The van der Waals surface area contributed by atoms with Gasteiger partial charge >= 0.3 is 27.9 Å². The van der Waals surface area contributed by atoms with Crippen LogP contribution in [0.1, 0.15) is 42.0 Å². The van der Waals surface area contributed by atoms with Gasteiger partial charge in [-0.3, -0.25) is 4.72 Å². The van der Waals surface area contributed by atoms with Crippen molar-refractivity contribution in [2.24, 2.45) is 5.16 Å². The largest absolute Gasteiger partial charge is 0.516 e. The first-order valence-corrected chi connectivity index (χ1v) is 11.6. The first-order valence-electron chi connectivity index (χ1n) is 9.72. The fourth-order valence-corrected chi connectivity index (χ4v) is 3.59. The van der Waals surface area contributed by atoms with Gasteiger partial charge in [0.05, 0.1) is 22.5 Å². The zero-order chi connectivity index (χ0) is 27.5. The number of nitrogens with one attached hydrogen (secondary N) is 1. The highest BCUT2D eigenvalue weighted by Crippen LogP contribution is 2.37. The smallest absolute Gasteiger partial charge is 0.391 e. The van der Waals surface area contributed by atoms with Crippen LogP contribution in [0, 0.1) is 0 Å². The summed E-state index contributed by atoms with van der Waals surface area (Å²) in [4.78, 5) is 4.91. The molecule has 36 heavy (non-hydrogen) atoms. The van der Waals surface area contributed by atoms with Crippen molar-refractivity contribution in [2.45, 2.75) is 44.2 Å². The molecule has 0 fully saturated rings. The second-order valence-electron chi connectivity index (χ2n) is 7.17. The van der Waals surface area contributed by atoms with E-state index in [0.29, 0.717) is 12.1 Å². The number of rotatable bonds is 8. The van der Waals surface area contributed by atoms with Gasteiger partial charge in [-0.2, -0.15) is 47.9 Å². The maximum atomic E-state index is 13.3. The maximum absolute atomic E-state index is 13.3. The minimum absolute atomic E-state index is 0.0362. The summed E-state index contributed by atoms with van der Waals surface area (Å²) in [7, 11) is -5.84. The van der Waals surface area contributed by atoms with E-state index < -0.39 is 56.9 Å². The third-order valence-electron chi connectivity index (χ3n) is 4.47. The molecule has 0 bridgehead atoms. The van der Waals surface area contributed by atoms with E-state index >= 15 is 0 Å². The molecule has 0 aliphatic heterocycles. The molecule has 0 unspecified atom stereocenters. The minimum Gasteiger partial charge on any atom is -0.391 e. The molecule has 200 valence electrons. The Morgan fingerprint density at radius 3 is 2.14 bits per heavy atom. The Bertz CT molecular complexity index is 1220. The molecule has 0 aliphatic carbocycles. The number of hydrogen-bond donors (Lipinski definition) is 1. The lowest BCUT2D eigenvalue weighted by atomic mass is 10.0. The molecule has 2 rings (SSSR count). The number of hydrogen-bond acceptors (Lipinski definition) is 4. The Labute approximate surface area is 203 Å². The van der Waals surface area contributed by atoms with E-state index in [0.717, 1.165) is 18.2 Å². The lowest BCUT2D eigenvalue weighted by Gasteiger charge is -2.17. The van der Waals surface area contributed by atoms with Gasteiger partial charge in [0.25, 0.3) is 0 Å². The van der Waals surface area contributed by atoms with E-state index in [1.54, 1.807) is 6.92 Å². The van der Waals surface area contributed by atoms with Crippen LogP contribution in [0.3, 0.4) is 0 Å². The lowest BCUT2D eigenvalue weighted by Crippen LogP contribution is -2.30. The highest BCUT2D eigenvalue weighted by Gasteiger charge is 2.46. The summed E-state index contributed by atoms with van der Waals surface area (Å²) in [5.74, 6) is 0. The molecule has 0 heterocycles. The second-order valence-corrected chi connectivity index (χ2v) is 9.28. The summed E-state index contributed by atoms with van der Waals surface area (Å²) >= 11 is 5.86. The average Bonchev–Trinajstić information content (AvgIpc) is 2.72. The van der Waals surface area contributed by atoms with E-state index in [2.05, 4.69) is 5.16 Å². The Morgan fingerprint density at radius 2 is 1.61 bits per heavy atom.